The van der Waals surface area contributed by atoms with Gasteiger partial charge in [-0.25, -0.2) is 0 Å². The number of carbonyl (C=O) groups is 1. The first-order valence-corrected chi connectivity index (χ1v) is 8.84. The second-order valence-corrected chi connectivity index (χ2v) is 8.22. The molecule has 1 nitrogen and oxygen atoms in total. The van der Waals surface area contributed by atoms with Crippen molar-refractivity contribution in [3.63, 3.8) is 0 Å². The molecule has 0 radical (unpaired) electrons. The summed E-state index contributed by atoms with van der Waals surface area (Å²) in [5, 5.41) is 0. The lowest BCUT2D eigenvalue weighted by Crippen LogP contribution is -2.49. The van der Waals surface area contributed by atoms with Crippen molar-refractivity contribution >= 4 is 5.78 Å². The molecule has 110 valence electrons. The molecule has 4 aliphatic carbocycles. The molecule has 3 fully saturated rings. The molecule has 4 aliphatic rings. The minimum absolute atomic E-state index is 0.460. The molecule has 0 N–H and O–H groups in total. The Labute approximate surface area is 123 Å². The second-order valence-electron chi connectivity index (χ2n) is 8.22. The number of rotatable bonds is 0. The van der Waals surface area contributed by atoms with Crippen LogP contribution in [0.5, 0.6) is 0 Å². The SMILES string of the molecule is CC1=C2CC[C@H]3[C@@H](CC[C@@H]4CCCC[C@@]43C)[C@@H]2CC1=O. The van der Waals surface area contributed by atoms with Gasteiger partial charge in [0, 0.05) is 6.42 Å². The van der Waals surface area contributed by atoms with Gasteiger partial charge in [0.15, 0.2) is 5.78 Å². The predicted octanol–water partition coefficient (Wildman–Crippen LogP) is 4.91. The monoisotopic (exact) mass is 272 g/mol. The lowest BCUT2D eigenvalue weighted by Gasteiger charge is -2.57. The van der Waals surface area contributed by atoms with Crippen molar-refractivity contribution < 1.29 is 4.79 Å². The lowest BCUT2D eigenvalue weighted by atomic mass is 9.48. The average molecular weight is 272 g/mol. The van der Waals surface area contributed by atoms with Gasteiger partial charge in [-0.05, 0) is 80.1 Å². The van der Waals surface area contributed by atoms with E-state index >= 15 is 0 Å². The molecular formula is C19H28O. The molecule has 0 aliphatic heterocycles. The average Bonchev–Trinajstić information content (AvgIpc) is 2.74. The van der Waals surface area contributed by atoms with Crippen molar-refractivity contribution in [2.75, 3.05) is 0 Å². The lowest BCUT2D eigenvalue weighted by molar-refractivity contribution is -0.116. The number of allylic oxidation sites excluding steroid dienone is 2. The fourth-order valence-electron chi connectivity index (χ4n) is 6.53. The van der Waals surface area contributed by atoms with Crippen LogP contribution in [0.3, 0.4) is 0 Å². The predicted molar refractivity (Wildman–Crippen MR) is 81.3 cm³/mol. The number of carbonyl (C=O) groups excluding carboxylic acids is 1. The fourth-order valence-corrected chi connectivity index (χ4v) is 6.53. The normalized spacial score (nSPS) is 47.8. The van der Waals surface area contributed by atoms with Crippen LogP contribution in [0, 0.1) is 29.1 Å². The minimum atomic E-state index is 0.460. The standard InChI is InChI=1S/C19H28O/c1-12-14-8-9-17-15(16(14)11-18(12)20)7-6-13-5-3-4-10-19(13,17)2/h13,15-17H,3-11H2,1-2H3/t13-,15-,16+,17-,19-/m0/s1. The Balaban J connectivity index is 1.67. The number of Topliss-reactive ketones (excluding diaryl/α,β-unsaturated/α-hetero) is 1. The van der Waals surface area contributed by atoms with E-state index in [1.54, 1.807) is 5.57 Å². The van der Waals surface area contributed by atoms with Crippen molar-refractivity contribution in [2.45, 2.75) is 71.6 Å². The Bertz CT molecular complexity index is 474. The second kappa shape index (κ2) is 4.45. The molecule has 4 rings (SSSR count). The molecule has 0 spiro atoms. The number of hydrogen-bond donors (Lipinski definition) is 0. The van der Waals surface area contributed by atoms with Crippen LogP contribution in [0.1, 0.15) is 71.6 Å². The number of fused-ring (bicyclic) bond motifs is 5. The van der Waals surface area contributed by atoms with Crippen LogP contribution >= 0.6 is 0 Å². The Morgan fingerprint density at radius 2 is 1.95 bits per heavy atom. The van der Waals surface area contributed by atoms with E-state index in [4.69, 9.17) is 0 Å². The largest absolute Gasteiger partial charge is 0.295 e. The van der Waals surface area contributed by atoms with Crippen LogP contribution in [-0.2, 0) is 4.79 Å². The van der Waals surface area contributed by atoms with Gasteiger partial charge < -0.3 is 0 Å². The molecule has 0 saturated heterocycles. The first kappa shape index (κ1) is 13.1. The third-order valence-electron chi connectivity index (χ3n) is 7.66. The Kier molecular flexibility index (Phi) is 2.91. The molecular weight excluding hydrogens is 244 g/mol. The van der Waals surface area contributed by atoms with Gasteiger partial charge in [-0.2, -0.15) is 0 Å². The fraction of sp³-hybridized carbons (Fsp3) is 0.842. The maximum Gasteiger partial charge on any atom is 0.159 e. The van der Waals surface area contributed by atoms with E-state index in [9.17, 15) is 4.79 Å². The van der Waals surface area contributed by atoms with Gasteiger partial charge in [-0.1, -0.05) is 25.3 Å². The van der Waals surface area contributed by atoms with E-state index in [1.165, 1.54) is 51.4 Å². The van der Waals surface area contributed by atoms with Gasteiger partial charge in [0.25, 0.3) is 0 Å². The summed E-state index contributed by atoms with van der Waals surface area (Å²) in [4.78, 5) is 12.1. The van der Waals surface area contributed by atoms with E-state index in [-0.39, 0.29) is 0 Å². The van der Waals surface area contributed by atoms with Crippen LogP contribution in [0.25, 0.3) is 0 Å². The summed E-state index contributed by atoms with van der Waals surface area (Å²) >= 11 is 0. The molecule has 5 atom stereocenters. The van der Waals surface area contributed by atoms with Crippen molar-refractivity contribution in [1.82, 2.24) is 0 Å². The molecule has 3 saturated carbocycles. The highest BCUT2D eigenvalue weighted by Gasteiger charge is 2.53. The Morgan fingerprint density at radius 3 is 2.80 bits per heavy atom. The van der Waals surface area contributed by atoms with Crippen LogP contribution in [-0.4, -0.2) is 5.78 Å². The first-order valence-electron chi connectivity index (χ1n) is 8.84. The summed E-state index contributed by atoms with van der Waals surface area (Å²) in [6.45, 7) is 4.69. The molecule has 0 aromatic carbocycles. The number of ketones is 1. The van der Waals surface area contributed by atoms with E-state index in [1.807, 2.05) is 0 Å². The van der Waals surface area contributed by atoms with E-state index in [2.05, 4.69) is 13.8 Å². The van der Waals surface area contributed by atoms with Crippen molar-refractivity contribution in [2.24, 2.45) is 29.1 Å². The Morgan fingerprint density at radius 1 is 1.10 bits per heavy atom. The highest BCUT2D eigenvalue weighted by atomic mass is 16.1. The molecule has 20 heavy (non-hydrogen) atoms. The summed E-state index contributed by atoms with van der Waals surface area (Å²) in [5.41, 5.74) is 3.31. The summed E-state index contributed by atoms with van der Waals surface area (Å²) in [5.74, 6) is 3.83. The van der Waals surface area contributed by atoms with Crippen LogP contribution in [0.15, 0.2) is 11.1 Å². The first-order chi connectivity index (χ1) is 9.61. The zero-order valence-electron chi connectivity index (χ0n) is 13.1. The topological polar surface area (TPSA) is 17.1 Å². The molecule has 0 heterocycles. The molecule has 0 aromatic heterocycles. The van der Waals surface area contributed by atoms with Gasteiger partial charge in [-0.3, -0.25) is 4.79 Å². The van der Waals surface area contributed by atoms with Gasteiger partial charge in [0.05, 0.1) is 0 Å². The maximum absolute atomic E-state index is 12.1. The third-order valence-corrected chi connectivity index (χ3v) is 7.66. The van der Waals surface area contributed by atoms with Gasteiger partial charge in [-0.15, -0.1) is 0 Å². The molecule has 1 heteroatoms. The van der Waals surface area contributed by atoms with Gasteiger partial charge >= 0.3 is 0 Å². The van der Waals surface area contributed by atoms with Crippen molar-refractivity contribution in [3.8, 4) is 0 Å². The van der Waals surface area contributed by atoms with E-state index < -0.39 is 0 Å². The summed E-state index contributed by atoms with van der Waals surface area (Å²) in [7, 11) is 0. The van der Waals surface area contributed by atoms with Gasteiger partial charge in [0.2, 0.25) is 0 Å². The molecule has 0 bridgehead atoms. The van der Waals surface area contributed by atoms with E-state index in [0.29, 0.717) is 17.1 Å². The van der Waals surface area contributed by atoms with Crippen molar-refractivity contribution in [3.05, 3.63) is 11.1 Å². The summed E-state index contributed by atoms with van der Waals surface area (Å²) in [6, 6.07) is 0. The number of hydrogen-bond acceptors (Lipinski definition) is 1. The summed E-state index contributed by atoms with van der Waals surface area (Å²) < 4.78 is 0. The highest BCUT2D eigenvalue weighted by Crippen LogP contribution is 2.62. The zero-order chi connectivity index (χ0) is 13.9. The van der Waals surface area contributed by atoms with Crippen LogP contribution < -0.4 is 0 Å². The van der Waals surface area contributed by atoms with Crippen LogP contribution in [0.4, 0.5) is 0 Å². The quantitative estimate of drug-likeness (QED) is 0.612. The zero-order valence-corrected chi connectivity index (χ0v) is 13.1. The maximum atomic E-state index is 12.1. The third kappa shape index (κ3) is 1.64. The van der Waals surface area contributed by atoms with Gasteiger partial charge in [0.1, 0.15) is 0 Å². The smallest absolute Gasteiger partial charge is 0.159 e. The molecule has 0 amide bonds. The summed E-state index contributed by atoms with van der Waals surface area (Å²) in [6.07, 6.45) is 12.1. The molecule has 0 unspecified atom stereocenters. The van der Waals surface area contributed by atoms with E-state index in [0.717, 1.165) is 29.7 Å². The minimum Gasteiger partial charge on any atom is -0.295 e. The van der Waals surface area contributed by atoms with Crippen LogP contribution in [0.2, 0.25) is 0 Å². The Hall–Kier alpha value is -0.590. The van der Waals surface area contributed by atoms with Crippen molar-refractivity contribution in [1.29, 1.82) is 0 Å². The molecule has 0 aromatic rings. The highest BCUT2D eigenvalue weighted by molar-refractivity contribution is 5.98.